The maximum absolute atomic E-state index is 12.7. The predicted octanol–water partition coefficient (Wildman–Crippen LogP) is 2.98. The maximum Gasteiger partial charge on any atom is 0.252 e. The molecule has 0 radical (unpaired) electrons. The average molecular weight is 347 g/mol. The molecule has 1 heterocycles. The lowest BCUT2D eigenvalue weighted by molar-refractivity contribution is -0.122. The zero-order chi connectivity index (χ0) is 18.5. The van der Waals surface area contributed by atoms with Crippen LogP contribution in [-0.2, 0) is 11.3 Å². The van der Waals surface area contributed by atoms with Gasteiger partial charge in [-0.3, -0.25) is 14.6 Å². The van der Waals surface area contributed by atoms with Crippen LogP contribution >= 0.6 is 0 Å². The Hall–Kier alpha value is -3.21. The molecular formula is C21H21N3O2. The Kier molecular flexibility index (Phi) is 5.27. The number of hydrogen-bond donors (Lipinski definition) is 2. The fraction of sp³-hybridized carbons (Fsp3) is 0.190. The highest BCUT2D eigenvalue weighted by Gasteiger charge is 2.18. The highest BCUT2D eigenvalue weighted by Crippen LogP contribution is 2.18. The summed E-state index contributed by atoms with van der Waals surface area (Å²) < 4.78 is 0. The molecule has 0 aliphatic heterocycles. The normalized spacial score (nSPS) is 11.8. The van der Waals surface area contributed by atoms with Gasteiger partial charge in [-0.2, -0.15) is 0 Å². The zero-order valence-electron chi connectivity index (χ0n) is 14.8. The third-order valence-electron chi connectivity index (χ3n) is 4.14. The van der Waals surface area contributed by atoms with Crippen molar-refractivity contribution in [3.63, 3.8) is 0 Å². The van der Waals surface area contributed by atoms with E-state index in [1.807, 2.05) is 61.5 Å². The fourth-order valence-corrected chi connectivity index (χ4v) is 2.77. The summed E-state index contributed by atoms with van der Waals surface area (Å²) in [5.74, 6) is -0.508. The van der Waals surface area contributed by atoms with E-state index in [0.717, 1.165) is 22.2 Å². The van der Waals surface area contributed by atoms with Crippen LogP contribution in [0.25, 0.3) is 10.9 Å². The van der Waals surface area contributed by atoms with E-state index in [1.165, 1.54) is 0 Å². The van der Waals surface area contributed by atoms with Gasteiger partial charge in [0.2, 0.25) is 5.91 Å². The average Bonchev–Trinajstić information content (AvgIpc) is 2.66. The topological polar surface area (TPSA) is 71.1 Å². The first-order valence-electron chi connectivity index (χ1n) is 8.53. The summed E-state index contributed by atoms with van der Waals surface area (Å²) in [5, 5.41) is 6.38. The third kappa shape index (κ3) is 4.06. The Morgan fingerprint density at radius 3 is 2.50 bits per heavy atom. The summed E-state index contributed by atoms with van der Waals surface area (Å²) in [7, 11) is 0. The second-order valence-electron chi connectivity index (χ2n) is 6.23. The van der Waals surface area contributed by atoms with Crippen LogP contribution in [-0.4, -0.2) is 22.8 Å². The Labute approximate surface area is 152 Å². The van der Waals surface area contributed by atoms with E-state index in [-0.39, 0.29) is 11.8 Å². The van der Waals surface area contributed by atoms with Crippen molar-refractivity contribution < 1.29 is 9.59 Å². The predicted molar refractivity (Wildman–Crippen MR) is 102 cm³/mol. The number of aryl methyl sites for hydroxylation is 1. The van der Waals surface area contributed by atoms with Crippen LogP contribution in [0.4, 0.5) is 0 Å². The first-order valence-corrected chi connectivity index (χ1v) is 8.53. The van der Waals surface area contributed by atoms with Crippen molar-refractivity contribution in [3.05, 3.63) is 77.5 Å². The second kappa shape index (κ2) is 7.78. The molecule has 132 valence electrons. The van der Waals surface area contributed by atoms with Crippen molar-refractivity contribution in [1.29, 1.82) is 0 Å². The van der Waals surface area contributed by atoms with Crippen molar-refractivity contribution in [2.24, 2.45) is 0 Å². The van der Waals surface area contributed by atoms with Crippen molar-refractivity contribution >= 4 is 22.7 Å². The van der Waals surface area contributed by atoms with Gasteiger partial charge >= 0.3 is 0 Å². The molecule has 0 saturated carbocycles. The van der Waals surface area contributed by atoms with Gasteiger partial charge in [-0.1, -0.05) is 48.5 Å². The summed E-state index contributed by atoms with van der Waals surface area (Å²) in [6.45, 7) is 3.95. The van der Waals surface area contributed by atoms with E-state index in [4.69, 9.17) is 0 Å². The monoisotopic (exact) mass is 347 g/mol. The minimum atomic E-state index is -0.640. The van der Waals surface area contributed by atoms with Gasteiger partial charge in [0, 0.05) is 17.6 Å². The largest absolute Gasteiger partial charge is 0.350 e. The molecule has 2 N–H and O–H groups in total. The van der Waals surface area contributed by atoms with E-state index >= 15 is 0 Å². The first kappa shape index (κ1) is 17.6. The summed E-state index contributed by atoms with van der Waals surface area (Å²) in [6, 6.07) is 18.2. The van der Waals surface area contributed by atoms with Crippen LogP contribution in [0.15, 0.2) is 60.7 Å². The lowest BCUT2D eigenvalue weighted by Crippen LogP contribution is -2.44. The number of amides is 2. The van der Waals surface area contributed by atoms with Crippen LogP contribution in [0.2, 0.25) is 0 Å². The molecule has 26 heavy (non-hydrogen) atoms. The summed E-state index contributed by atoms with van der Waals surface area (Å²) in [4.78, 5) is 29.4. The van der Waals surface area contributed by atoms with E-state index in [0.29, 0.717) is 12.1 Å². The maximum atomic E-state index is 12.7. The number of nitrogens with zero attached hydrogens (tertiary/aromatic N) is 1. The number of nitrogens with one attached hydrogen (secondary N) is 2. The molecule has 2 amide bonds. The number of pyridine rings is 1. The van der Waals surface area contributed by atoms with Crippen LogP contribution in [0.1, 0.15) is 28.5 Å². The van der Waals surface area contributed by atoms with Crippen molar-refractivity contribution in [2.45, 2.75) is 26.4 Å². The Balaban J connectivity index is 1.68. The van der Waals surface area contributed by atoms with Gasteiger partial charge in [0.1, 0.15) is 6.04 Å². The molecule has 1 atom stereocenters. The summed E-state index contributed by atoms with van der Waals surface area (Å²) in [6.07, 6.45) is 0. The molecular weight excluding hydrogens is 326 g/mol. The number of carbonyl (C=O) groups excluding carboxylic acids is 2. The Morgan fingerprint density at radius 2 is 1.73 bits per heavy atom. The number of hydrogen-bond acceptors (Lipinski definition) is 3. The molecule has 3 rings (SSSR count). The molecule has 3 aromatic rings. The van der Waals surface area contributed by atoms with Crippen molar-refractivity contribution in [2.75, 3.05) is 0 Å². The molecule has 5 heteroatoms. The van der Waals surface area contributed by atoms with Gasteiger partial charge in [-0.05, 0) is 31.5 Å². The molecule has 0 aliphatic carbocycles. The first-order chi connectivity index (χ1) is 12.5. The van der Waals surface area contributed by atoms with E-state index < -0.39 is 6.04 Å². The zero-order valence-corrected chi connectivity index (χ0v) is 14.8. The van der Waals surface area contributed by atoms with Gasteiger partial charge in [-0.25, -0.2) is 0 Å². The Bertz CT molecular complexity index is 938. The van der Waals surface area contributed by atoms with Gasteiger partial charge < -0.3 is 10.6 Å². The molecule has 1 aromatic heterocycles. The number of rotatable bonds is 5. The van der Waals surface area contributed by atoms with E-state index in [2.05, 4.69) is 15.6 Å². The standard InChI is InChI=1S/C21H21N3O2/c1-14-12-18(17-10-6-7-11-19(17)23-14)21(26)24-15(2)20(25)22-13-16-8-4-3-5-9-16/h3-12,15H,13H2,1-2H3,(H,22,25)(H,24,26). The number of para-hydroxylation sites is 1. The lowest BCUT2D eigenvalue weighted by Gasteiger charge is -2.15. The van der Waals surface area contributed by atoms with Gasteiger partial charge in [0.25, 0.3) is 5.91 Å². The smallest absolute Gasteiger partial charge is 0.252 e. The van der Waals surface area contributed by atoms with E-state index in [9.17, 15) is 9.59 Å². The summed E-state index contributed by atoms with van der Waals surface area (Å²) in [5.41, 5.74) is 3.06. The minimum absolute atomic E-state index is 0.225. The highest BCUT2D eigenvalue weighted by molar-refractivity contribution is 6.07. The second-order valence-corrected chi connectivity index (χ2v) is 6.23. The highest BCUT2D eigenvalue weighted by atomic mass is 16.2. The number of fused-ring (bicyclic) bond motifs is 1. The van der Waals surface area contributed by atoms with Crippen LogP contribution in [0.3, 0.4) is 0 Å². The molecule has 0 bridgehead atoms. The number of aromatic nitrogens is 1. The number of carbonyl (C=O) groups is 2. The fourth-order valence-electron chi connectivity index (χ4n) is 2.77. The van der Waals surface area contributed by atoms with Crippen molar-refractivity contribution in [1.82, 2.24) is 15.6 Å². The molecule has 0 aliphatic rings. The third-order valence-corrected chi connectivity index (χ3v) is 4.14. The molecule has 0 fully saturated rings. The van der Waals surface area contributed by atoms with Crippen LogP contribution < -0.4 is 10.6 Å². The lowest BCUT2D eigenvalue weighted by atomic mass is 10.1. The molecule has 1 unspecified atom stereocenters. The van der Waals surface area contributed by atoms with Crippen LogP contribution in [0, 0.1) is 6.92 Å². The van der Waals surface area contributed by atoms with Gasteiger partial charge in [0.05, 0.1) is 11.1 Å². The molecule has 0 saturated heterocycles. The van der Waals surface area contributed by atoms with Gasteiger partial charge in [-0.15, -0.1) is 0 Å². The molecule has 0 spiro atoms. The van der Waals surface area contributed by atoms with E-state index in [1.54, 1.807) is 13.0 Å². The van der Waals surface area contributed by atoms with Crippen molar-refractivity contribution in [3.8, 4) is 0 Å². The molecule has 5 nitrogen and oxygen atoms in total. The minimum Gasteiger partial charge on any atom is -0.350 e. The SMILES string of the molecule is Cc1cc(C(=O)NC(C)C(=O)NCc2ccccc2)c2ccccc2n1. The quantitative estimate of drug-likeness (QED) is 0.745. The summed E-state index contributed by atoms with van der Waals surface area (Å²) >= 11 is 0. The Morgan fingerprint density at radius 1 is 1.04 bits per heavy atom. The number of benzene rings is 2. The van der Waals surface area contributed by atoms with Crippen LogP contribution in [0.5, 0.6) is 0 Å². The molecule has 2 aromatic carbocycles. The van der Waals surface area contributed by atoms with Gasteiger partial charge in [0.15, 0.2) is 0 Å².